The molecule has 0 saturated carbocycles. The molecule has 0 aliphatic rings. The van der Waals surface area contributed by atoms with Crippen LogP contribution in [0.4, 0.5) is 11.4 Å². The van der Waals surface area contributed by atoms with Crippen molar-refractivity contribution in [1.29, 1.82) is 0 Å². The second-order valence-electron chi connectivity index (χ2n) is 4.37. The number of nitrogens with one attached hydrogen (secondary N) is 1. The Morgan fingerprint density at radius 2 is 2.12 bits per heavy atom. The Morgan fingerprint density at radius 3 is 2.65 bits per heavy atom. The van der Waals surface area contributed by atoms with Gasteiger partial charge in [0.15, 0.2) is 0 Å². The Kier molecular flexibility index (Phi) is 4.86. The predicted octanol–water partition coefficient (Wildman–Crippen LogP) is 3.46. The van der Waals surface area contributed by atoms with Crippen LogP contribution in [0.2, 0.25) is 0 Å². The quantitative estimate of drug-likeness (QED) is 0.668. The van der Waals surface area contributed by atoms with E-state index >= 15 is 0 Å². The molecule has 0 spiro atoms. The predicted molar refractivity (Wildman–Crippen MR) is 71.1 cm³/mol. The van der Waals surface area contributed by atoms with E-state index in [0.717, 1.165) is 0 Å². The molecule has 0 aliphatic heterocycles. The Balaban J connectivity index is 2.86. The highest BCUT2D eigenvalue weighted by Gasteiger charge is 2.18. The first-order valence-corrected chi connectivity index (χ1v) is 6.24. The van der Waals surface area contributed by atoms with Crippen LogP contribution in [0.5, 0.6) is 0 Å². The summed E-state index contributed by atoms with van der Waals surface area (Å²) in [7, 11) is 0. The number of nitro groups is 1. The highest BCUT2D eigenvalue weighted by molar-refractivity contribution is 9.10. The zero-order chi connectivity index (χ0) is 13.0. The molecule has 1 heterocycles. The molecule has 0 amide bonds. The summed E-state index contributed by atoms with van der Waals surface area (Å²) in [5, 5.41) is 14.0. The third kappa shape index (κ3) is 3.66. The number of anilines is 1. The minimum atomic E-state index is -0.430. The van der Waals surface area contributed by atoms with Crippen LogP contribution in [0.15, 0.2) is 16.9 Å². The molecular formula is C11H16BrN3O2. The number of aromatic nitrogens is 1. The monoisotopic (exact) mass is 301 g/mol. The molecule has 5 nitrogen and oxygen atoms in total. The molecule has 0 saturated heterocycles. The lowest BCUT2D eigenvalue weighted by Gasteiger charge is -2.17. The molecule has 0 radical (unpaired) electrons. The van der Waals surface area contributed by atoms with Crippen molar-refractivity contribution < 1.29 is 4.92 Å². The number of hydrogen-bond acceptors (Lipinski definition) is 4. The first kappa shape index (κ1) is 13.9. The Morgan fingerprint density at radius 1 is 1.47 bits per heavy atom. The van der Waals surface area contributed by atoms with Crippen LogP contribution in [-0.4, -0.2) is 16.5 Å². The van der Waals surface area contributed by atoms with Gasteiger partial charge in [-0.2, -0.15) is 0 Å². The van der Waals surface area contributed by atoms with Gasteiger partial charge in [0, 0.05) is 12.7 Å². The molecule has 0 aromatic carbocycles. The summed E-state index contributed by atoms with van der Waals surface area (Å²) >= 11 is 3.27. The third-order valence-corrected chi connectivity index (χ3v) is 3.42. The summed E-state index contributed by atoms with van der Waals surface area (Å²) in [6.45, 7) is 7.06. The van der Waals surface area contributed by atoms with Gasteiger partial charge in [-0.25, -0.2) is 0 Å². The van der Waals surface area contributed by atoms with Gasteiger partial charge in [-0.05, 0) is 27.8 Å². The van der Waals surface area contributed by atoms with Crippen molar-refractivity contribution in [2.45, 2.75) is 20.8 Å². The average molecular weight is 302 g/mol. The fourth-order valence-electron chi connectivity index (χ4n) is 1.24. The van der Waals surface area contributed by atoms with E-state index in [4.69, 9.17) is 0 Å². The molecule has 1 rings (SSSR count). The van der Waals surface area contributed by atoms with Crippen molar-refractivity contribution in [3.63, 3.8) is 0 Å². The van der Waals surface area contributed by atoms with E-state index in [2.05, 4.69) is 47.0 Å². The molecule has 0 fully saturated rings. The van der Waals surface area contributed by atoms with Crippen LogP contribution < -0.4 is 5.32 Å². The van der Waals surface area contributed by atoms with Crippen molar-refractivity contribution in [3.05, 3.63) is 27.0 Å². The van der Waals surface area contributed by atoms with Gasteiger partial charge in [0.1, 0.15) is 11.9 Å². The van der Waals surface area contributed by atoms with Crippen molar-refractivity contribution in [1.82, 2.24) is 4.98 Å². The summed E-state index contributed by atoms with van der Waals surface area (Å²) in [5.74, 6) is 0.969. The summed E-state index contributed by atoms with van der Waals surface area (Å²) < 4.78 is 0.614. The third-order valence-electron chi connectivity index (χ3n) is 2.82. The minimum Gasteiger partial charge on any atom is -0.378 e. The van der Waals surface area contributed by atoms with Gasteiger partial charge in [0.2, 0.25) is 0 Å². The van der Waals surface area contributed by atoms with E-state index in [0.29, 0.717) is 28.5 Å². The second-order valence-corrected chi connectivity index (χ2v) is 5.23. The molecule has 1 aromatic rings. The SMILES string of the molecule is CC(C)C(C)CNc1c(Br)cncc1[N+](=O)[O-]. The maximum absolute atomic E-state index is 10.9. The van der Waals surface area contributed by atoms with Gasteiger partial charge < -0.3 is 5.32 Å². The average Bonchev–Trinajstić information content (AvgIpc) is 2.26. The molecule has 17 heavy (non-hydrogen) atoms. The first-order valence-electron chi connectivity index (χ1n) is 5.45. The first-order chi connectivity index (χ1) is 7.93. The second kappa shape index (κ2) is 5.95. The molecule has 1 aromatic heterocycles. The molecule has 0 bridgehead atoms. The topological polar surface area (TPSA) is 68.1 Å². The summed E-state index contributed by atoms with van der Waals surface area (Å²) in [6, 6.07) is 0. The molecule has 94 valence electrons. The van der Waals surface area contributed by atoms with Crippen LogP contribution in [0.3, 0.4) is 0 Å². The normalized spacial score (nSPS) is 12.5. The fourth-order valence-corrected chi connectivity index (χ4v) is 1.70. The molecule has 1 atom stereocenters. The van der Waals surface area contributed by atoms with E-state index in [9.17, 15) is 10.1 Å². The Labute approximate surface area is 109 Å². The van der Waals surface area contributed by atoms with Crippen LogP contribution in [0.25, 0.3) is 0 Å². The van der Waals surface area contributed by atoms with Gasteiger partial charge in [-0.15, -0.1) is 0 Å². The van der Waals surface area contributed by atoms with Gasteiger partial charge in [0.25, 0.3) is 0 Å². The summed E-state index contributed by atoms with van der Waals surface area (Å²) in [5.41, 5.74) is 0.493. The molecule has 6 heteroatoms. The minimum absolute atomic E-state index is 0.00432. The number of rotatable bonds is 5. The zero-order valence-electron chi connectivity index (χ0n) is 10.1. The van der Waals surface area contributed by atoms with Crippen molar-refractivity contribution in [3.8, 4) is 0 Å². The van der Waals surface area contributed by atoms with E-state index in [-0.39, 0.29) is 5.69 Å². The van der Waals surface area contributed by atoms with Gasteiger partial charge >= 0.3 is 5.69 Å². The van der Waals surface area contributed by atoms with E-state index < -0.39 is 4.92 Å². The lowest BCUT2D eigenvalue weighted by atomic mass is 9.98. The smallest absolute Gasteiger partial charge is 0.311 e. The molecular weight excluding hydrogens is 286 g/mol. The number of hydrogen-bond donors (Lipinski definition) is 1. The maximum Gasteiger partial charge on any atom is 0.311 e. The molecule has 0 aliphatic carbocycles. The number of pyridine rings is 1. The summed E-state index contributed by atoms with van der Waals surface area (Å²) in [4.78, 5) is 14.2. The number of halogens is 1. The maximum atomic E-state index is 10.9. The Hall–Kier alpha value is -1.17. The van der Waals surface area contributed by atoms with E-state index in [1.165, 1.54) is 6.20 Å². The van der Waals surface area contributed by atoms with E-state index in [1.807, 2.05) is 0 Å². The fraction of sp³-hybridized carbons (Fsp3) is 0.545. The van der Waals surface area contributed by atoms with Crippen LogP contribution >= 0.6 is 15.9 Å². The van der Waals surface area contributed by atoms with Crippen LogP contribution in [0.1, 0.15) is 20.8 Å². The van der Waals surface area contributed by atoms with Crippen LogP contribution in [0, 0.1) is 22.0 Å². The zero-order valence-corrected chi connectivity index (χ0v) is 11.7. The van der Waals surface area contributed by atoms with Crippen molar-refractivity contribution >= 4 is 27.3 Å². The summed E-state index contributed by atoms with van der Waals surface area (Å²) in [6.07, 6.45) is 2.81. The standard InChI is InChI=1S/C11H16BrN3O2/c1-7(2)8(3)4-14-11-9(12)5-13-6-10(11)15(16)17/h5-8H,4H2,1-3H3,(H,13,14). The highest BCUT2D eigenvalue weighted by atomic mass is 79.9. The van der Waals surface area contributed by atoms with Crippen molar-refractivity contribution in [2.24, 2.45) is 11.8 Å². The highest BCUT2D eigenvalue weighted by Crippen LogP contribution is 2.31. The lowest BCUT2D eigenvalue weighted by Crippen LogP contribution is -2.17. The Bertz CT molecular complexity index is 410. The molecule has 1 N–H and O–H groups in total. The van der Waals surface area contributed by atoms with Gasteiger partial charge in [-0.1, -0.05) is 20.8 Å². The number of nitrogens with zero attached hydrogens (tertiary/aromatic N) is 2. The van der Waals surface area contributed by atoms with Gasteiger partial charge in [0.05, 0.1) is 9.40 Å². The van der Waals surface area contributed by atoms with E-state index in [1.54, 1.807) is 6.20 Å². The van der Waals surface area contributed by atoms with Crippen LogP contribution in [-0.2, 0) is 0 Å². The molecule has 1 unspecified atom stereocenters. The largest absolute Gasteiger partial charge is 0.378 e. The van der Waals surface area contributed by atoms with Gasteiger partial charge in [-0.3, -0.25) is 15.1 Å². The van der Waals surface area contributed by atoms with Crippen molar-refractivity contribution in [2.75, 3.05) is 11.9 Å². The lowest BCUT2D eigenvalue weighted by molar-refractivity contribution is -0.384.